The molecule has 130 valence electrons. The van der Waals surface area contributed by atoms with Crippen LogP contribution in [0.15, 0.2) is 22.7 Å². The average molecular weight is 370 g/mol. The molecule has 0 saturated heterocycles. The number of anilines is 1. The van der Waals surface area contributed by atoms with Gasteiger partial charge >= 0.3 is 0 Å². The lowest BCUT2D eigenvalue weighted by atomic mass is 9.87. The van der Waals surface area contributed by atoms with Crippen LogP contribution >= 0.6 is 24.0 Å². The van der Waals surface area contributed by atoms with Gasteiger partial charge in [-0.2, -0.15) is 0 Å². The molecule has 1 unspecified atom stereocenters. The lowest BCUT2D eigenvalue weighted by Gasteiger charge is -2.26. The molecule has 5 nitrogen and oxygen atoms in total. The Morgan fingerprint density at radius 3 is 3.00 bits per heavy atom. The third kappa shape index (κ3) is 4.02. The molecule has 0 spiro atoms. The molecule has 7 heteroatoms. The van der Waals surface area contributed by atoms with Gasteiger partial charge in [0.2, 0.25) is 11.1 Å². The second-order valence-electron chi connectivity index (χ2n) is 5.99. The summed E-state index contributed by atoms with van der Waals surface area (Å²) in [6.07, 6.45) is 3.92. The summed E-state index contributed by atoms with van der Waals surface area (Å²) in [5.74, 6) is 0.0105. The topological polar surface area (TPSA) is 81.2 Å². The maximum Gasteiger partial charge on any atom is 0.229 e. The Balaban J connectivity index is 0.00000208. The standard InChI is InChI=1S/C17H20ClN3O2.ClH/c1-10-13(17(18)23-21-10)7-8-16(22)20-15-4-2-3-11-9-12(19)5-6-14(11)15;/h5-6,9,15H,2-4,7-8,19H2,1H3,(H,20,22);1H. The number of nitrogens with zero attached hydrogens (tertiary/aromatic N) is 1. The van der Waals surface area contributed by atoms with Crippen LogP contribution < -0.4 is 11.1 Å². The van der Waals surface area contributed by atoms with Gasteiger partial charge in [0.1, 0.15) is 0 Å². The van der Waals surface area contributed by atoms with Crippen molar-refractivity contribution >= 4 is 35.6 Å². The second-order valence-corrected chi connectivity index (χ2v) is 6.33. The summed E-state index contributed by atoms with van der Waals surface area (Å²) >= 11 is 5.93. The number of fused-ring (bicyclic) bond motifs is 1. The largest absolute Gasteiger partial charge is 0.399 e. The van der Waals surface area contributed by atoms with E-state index in [1.54, 1.807) is 0 Å². The highest BCUT2D eigenvalue weighted by molar-refractivity contribution is 6.29. The van der Waals surface area contributed by atoms with Gasteiger partial charge in [-0.1, -0.05) is 11.2 Å². The molecule has 3 N–H and O–H groups in total. The number of aryl methyl sites for hydroxylation is 2. The molecular weight excluding hydrogens is 349 g/mol. The highest BCUT2D eigenvalue weighted by atomic mass is 35.5. The van der Waals surface area contributed by atoms with Gasteiger partial charge in [0, 0.05) is 17.7 Å². The minimum absolute atomic E-state index is 0. The molecule has 0 bridgehead atoms. The molecule has 1 heterocycles. The van der Waals surface area contributed by atoms with E-state index in [0.717, 1.165) is 36.2 Å². The van der Waals surface area contributed by atoms with Crippen molar-refractivity contribution in [3.8, 4) is 0 Å². The smallest absolute Gasteiger partial charge is 0.229 e. The monoisotopic (exact) mass is 369 g/mol. The predicted octanol–water partition coefficient (Wildman–Crippen LogP) is 3.77. The van der Waals surface area contributed by atoms with Gasteiger partial charge in [0.25, 0.3) is 0 Å². The fourth-order valence-electron chi connectivity index (χ4n) is 3.13. The first-order chi connectivity index (χ1) is 11.0. The molecule has 1 atom stereocenters. The molecule has 24 heavy (non-hydrogen) atoms. The first-order valence-corrected chi connectivity index (χ1v) is 8.20. The lowest BCUT2D eigenvalue weighted by molar-refractivity contribution is -0.121. The van der Waals surface area contributed by atoms with Gasteiger partial charge in [-0.25, -0.2) is 0 Å². The van der Waals surface area contributed by atoms with Crippen molar-refractivity contribution in [2.75, 3.05) is 5.73 Å². The molecule has 3 rings (SSSR count). The maximum atomic E-state index is 12.3. The summed E-state index contributed by atoms with van der Waals surface area (Å²) < 4.78 is 4.91. The molecule has 1 aliphatic rings. The van der Waals surface area contributed by atoms with Crippen molar-refractivity contribution in [1.29, 1.82) is 0 Å². The van der Waals surface area contributed by atoms with E-state index in [1.165, 1.54) is 11.1 Å². The quantitative estimate of drug-likeness (QED) is 0.803. The minimum Gasteiger partial charge on any atom is -0.399 e. The van der Waals surface area contributed by atoms with Crippen LogP contribution in [0.5, 0.6) is 0 Å². The van der Waals surface area contributed by atoms with Gasteiger partial charge in [-0.15, -0.1) is 12.4 Å². The van der Waals surface area contributed by atoms with Crippen molar-refractivity contribution in [3.05, 3.63) is 45.8 Å². The number of benzene rings is 1. The van der Waals surface area contributed by atoms with E-state index in [4.69, 9.17) is 21.9 Å². The minimum atomic E-state index is 0. The molecule has 0 radical (unpaired) electrons. The molecule has 0 saturated carbocycles. The van der Waals surface area contributed by atoms with Crippen LogP contribution in [0, 0.1) is 6.92 Å². The van der Waals surface area contributed by atoms with Crippen molar-refractivity contribution in [2.45, 2.75) is 45.1 Å². The highest BCUT2D eigenvalue weighted by Crippen LogP contribution is 2.31. The number of nitrogen functional groups attached to an aromatic ring is 1. The Kier molecular flexibility index (Phi) is 6.13. The third-order valence-electron chi connectivity index (χ3n) is 4.36. The molecule has 1 aromatic heterocycles. The zero-order valence-electron chi connectivity index (χ0n) is 13.5. The molecular formula is C17H21Cl2N3O2. The van der Waals surface area contributed by atoms with Gasteiger partial charge in [-0.05, 0) is 67.5 Å². The maximum absolute atomic E-state index is 12.3. The van der Waals surface area contributed by atoms with E-state index in [0.29, 0.717) is 12.8 Å². The number of hydrogen-bond donors (Lipinski definition) is 2. The summed E-state index contributed by atoms with van der Waals surface area (Å²) in [6, 6.07) is 5.98. The first-order valence-electron chi connectivity index (χ1n) is 7.83. The molecule has 0 fully saturated rings. The highest BCUT2D eigenvalue weighted by Gasteiger charge is 2.22. The van der Waals surface area contributed by atoms with Crippen molar-refractivity contribution in [3.63, 3.8) is 0 Å². The fourth-order valence-corrected chi connectivity index (χ4v) is 3.40. The Labute approximate surface area is 152 Å². The summed E-state index contributed by atoms with van der Waals surface area (Å²) in [5, 5.41) is 7.19. The van der Waals surface area contributed by atoms with E-state index in [2.05, 4.69) is 10.5 Å². The fraction of sp³-hybridized carbons (Fsp3) is 0.412. The Morgan fingerprint density at radius 2 is 2.29 bits per heavy atom. The first kappa shape index (κ1) is 18.6. The van der Waals surface area contributed by atoms with Crippen LogP contribution in [0.1, 0.15) is 47.7 Å². The number of carbonyl (C=O) groups excluding carboxylic acids is 1. The summed E-state index contributed by atoms with van der Waals surface area (Å²) in [6.45, 7) is 1.82. The molecule has 1 amide bonds. The van der Waals surface area contributed by atoms with Crippen molar-refractivity contribution < 1.29 is 9.32 Å². The van der Waals surface area contributed by atoms with Crippen LogP contribution in [0.2, 0.25) is 5.22 Å². The number of halogens is 2. The SMILES string of the molecule is Cc1noc(Cl)c1CCC(=O)NC1CCCc2cc(N)ccc21.Cl. The van der Waals surface area contributed by atoms with Gasteiger partial charge in [0.15, 0.2) is 0 Å². The van der Waals surface area contributed by atoms with Crippen molar-refractivity contribution in [2.24, 2.45) is 0 Å². The Morgan fingerprint density at radius 1 is 1.50 bits per heavy atom. The van der Waals surface area contributed by atoms with Gasteiger partial charge in [0.05, 0.1) is 11.7 Å². The van der Waals surface area contributed by atoms with Crippen LogP contribution in [0.3, 0.4) is 0 Å². The van der Waals surface area contributed by atoms with Gasteiger partial charge in [-0.3, -0.25) is 4.79 Å². The lowest BCUT2D eigenvalue weighted by Crippen LogP contribution is -2.31. The zero-order valence-corrected chi connectivity index (χ0v) is 15.0. The number of nitrogens with two attached hydrogens (primary N) is 1. The second kappa shape index (κ2) is 7.90. The number of carbonyl (C=O) groups is 1. The van der Waals surface area contributed by atoms with E-state index in [-0.39, 0.29) is 29.6 Å². The molecule has 1 aliphatic carbocycles. The number of rotatable bonds is 4. The number of hydrogen-bond acceptors (Lipinski definition) is 4. The Bertz CT molecular complexity index is 711. The molecule has 1 aromatic carbocycles. The number of amides is 1. The summed E-state index contributed by atoms with van der Waals surface area (Å²) in [4.78, 5) is 12.3. The van der Waals surface area contributed by atoms with Crippen LogP contribution in [0.25, 0.3) is 0 Å². The van der Waals surface area contributed by atoms with Gasteiger partial charge < -0.3 is 15.6 Å². The molecule has 0 aliphatic heterocycles. The molecule has 2 aromatic rings. The van der Waals surface area contributed by atoms with E-state index >= 15 is 0 Å². The zero-order chi connectivity index (χ0) is 16.4. The van der Waals surface area contributed by atoms with Crippen LogP contribution in [-0.4, -0.2) is 11.1 Å². The summed E-state index contributed by atoms with van der Waals surface area (Å²) in [5.41, 5.74) is 10.6. The third-order valence-corrected chi connectivity index (χ3v) is 4.65. The Hall–Kier alpha value is -1.72. The van der Waals surface area contributed by atoms with Crippen molar-refractivity contribution in [1.82, 2.24) is 10.5 Å². The van der Waals surface area contributed by atoms with Crippen LogP contribution in [0.4, 0.5) is 5.69 Å². The van der Waals surface area contributed by atoms with E-state index in [9.17, 15) is 4.79 Å². The van der Waals surface area contributed by atoms with E-state index < -0.39 is 0 Å². The summed E-state index contributed by atoms with van der Waals surface area (Å²) in [7, 11) is 0. The average Bonchev–Trinajstić information content (AvgIpc) is 2.84. The predicted molar refractivity (Wildman–Crippen MR) is 96.5 cm³/mol. The van der Waals surface area contributed by atoms with Crippen LogP contribution in [-0.2, 0) is 17.6 Å². The van der Waals surface area contributed by atoms with E-state index in [1.807, 2.05) is 25.1 Å². The number of nitrogens with one attached hydrogen (secondary N) is 1. The normalized spacial score (nSPS) is 16.2. The number of aromatic nitrogens is 1.